The van der Waals surface area contributed by atoms with Gasteiger partial charge in [0.2, 0.25) is 0 Å². The van der Waals surface area contributed by atoms with Crippen LogP contribution in [0.3, 0.4) is 0 Å². The van der Waals surface area contributed by atoms with Crippen LogP contribution < -0.4 is 5.32 Å². The van der Waals surface area contributed by atoms with Crippen molar-refractivity contribution in [3.05, 3.63) is 0 Å². The number of urea groups is 1. The number of rotatable bonds is 0. The van der Waals surface area contributed by atoms with Crippen LogP contribution in [0.2, 0.25) is 0 Å². The Morgan fingerprint density at radius 2 is 1.65 bits per heavy atom. The molecule has 1 heterocycles. The summed E-state index contributed by atoms with van der Waals surface area (Å²) >= 11 is 0. The van der Waals surface area contributed by atoms with Crippen LogP contribution in [-0.4, -0.2) is 35.1 Å². The quantitative estimate of drug-likeness (QED) is 0.717. The van der Waals surface area contributed by atoms with Crippen molar-refractivity contribution in [2.24, 2.45) is 0 Å². The number of carbonyl (C=O) groups excluding carboxylic acids is 2. The van der Waals surface area contributed by atoms with Gasteiger partial charge in [-0.05, 0) is 33.1 Å². The number of nitrogens with zero attached hydrogens (tertiary/aromatic N) is 1. The van der Waals surface area contributed by atoms with E-state index in [-0.39, 0.29) is 12.1 Å². The van der Waals surface area contributed by atoms with Gasteiger partial charge in [-0.25, -0.2) is 4.79 Å². The van der Waals surface area contributed by atoms with Gasteiger partial charge in [0.25, 0.3) is 0 Å². The first-order chi connectivity index (χ1) is 7.73. The first-order valence-electron chi connectivity index (χ1n) is 5.44. The van der Waals surface area contributed by atoms with Gasteiger partial charge in [-0.1, -0.05) is 0 Å². The maximum absolute atomic E-state index is 12.0. The number of hydrogen-bond acceptors (Lipinski definition) is 2. The fourth-order valence-corrected chi connectivity index (χ4v) is 2.05. The summed E-state index contributed by atoms with van der Waals surface area (Å²) in [7, 11) is 0. The fraction of sp³-hybridized carbons (Fsp3) is 0.800. The van der Waals surface area contributed by atoms with E-state index in [9.17, 15) is 22.8 Å². The van der Waals surface area contributed by atoms with Gasteiger partial charge in [0, 0.05) is 12.1 Å². The zero-order chi connectivity index (χ0) is 13.2. The van der Waals surface area contributed by atoms with E-state index in [4.69, 9.17) is 0 Å². The molecule has 98 valence electrons. The molecule has 0 aromatic heterocycles. The second-order valence-corrected chi connectivity index (χ2v) is 4.29. The number of likely N-dealkylation sites (tertiary alicyclic amines) is 1. The molecule has 0 aliphatic carbocycles. The van der Waals surface area contributed by atoms with E-state index < -0.39 is 18.1 Å². The summed E-state index contributed by atoms with van der Waals surface area (Å²) in [6, 6.07) is -1.27. The van der Waals surface area contributed by atoms with Crippen LogP contribution in [-0.2, 0) is 4.79 Å². The van der Waals surface area contributed by atoms with Gasteiger partial charge in [-0.2, -0.15) is 13.2 Å². The summed E-state index contributed by atoms with van der Waals surface area (Å²) in [6.45, 7) is 3.51. The summed E-state index contributed by atoms with van der Waals surface area (Å²) in [5.41, 5.74) is 0. The summed E-state index contributed by atoms with van der Waals surface area (Å²) in [5.74, 6) is -2.22. The number of halogens is 3. The number of hydrogen-bond donors (Lipinski definition) is 1. The molecule has 2 atom stereocenters. The van der Waals surface area contributed by atoms with Crippen LogP contribution in [0.15, 0.2) is 0 Å². The van der Waals surface area contributed by atoms with Gasteiger partial charge in [-0.15, -0.1) is 0 Å². The van der Waals surface area contributed by atoms with Crippen molar-refractivity contribution in [1.82, 2.24) is 10.2 Å². The van der Waals surface area contributed by atoms with Crippen molar-refractivity contribution in [3.63, 3.8) is 0 Å². The van der Waals surface area contributed by atoms with Crippen LogP contribution in [0, 0.1) is 0 Å². The molecule has 0 saturated carbocycles. The average Bonchev–Trinajstić information content (AvgIpc) is 2.15. The fourth-order valence-electron chi connectivity index (χ4n) is 2.05. The van der Waals surface area contributed by atoms with Crippen molar-refractivity contribution in [2.45, 2.75) is 51.4 Å². The second-order valence-electron chi connectivity index (χ2n) is 4.29. The minimum absolute atomic E-state index is 0.153. The van der Waals surface area contributed by atoms with Crippen molar-refractivity contribution < 1.29 is 22.8 Å². The summed E-state index contributed by atoms with van der Waals surface area (Å²) in [5, 5.41) is 1.37. The molecule has 3 amide bonds. The van der Waals surface area contributed by atoms with Crippen LogP contribution in [0.5, 0.6) is 0 Å². The van der Waals surface area contributed by atoms with Crippen molar-refractivity contribution >= 4 is 11.9 Å². The van der Waals surface area contributed by atoms with Gasteiger partial charge in [0.1, 0.15) is 0 Å². The van der Waals surface area contributed by atoms with Gasteiger partial charge in [-0.3, -0.25) is 10.1 Å². The first-order valence-corrected chi connectivity index (χ1v) is 5.44. The molecule has 0 aromatic rings. The molecule has 0 spiro atoms. The Hall–Kier alpha value is -1.27. The second kappa shape index (κ2) is 4.93. The first kappa shape index (κ1) is 13.8. The smallest absolute Gasteiger partial charge is 0.319 e. The molecule has 1 aliphatic rings. The van der Waals surface area contributed by atoms with Crippen LogP contribution in [0.25, 0.3) is 0 Å². The Morgan fingerprint density at radius 1 is 1.18 bits per heavy atom. The number of imide groups is 1. The minimum atomic E-state index is -5.03. The number of nitrogens with one attached hydrogen (secondary N) is 1. The Bertz CT molecular complexity index is 307. The molecule has 1 rings (SSSR count). The summed E-state index contributed by atoms with van der Waals surface area (Å²) in [4.78, 5) is 23.5. The summed E-state index contributed by atoms with van der Waals surface area (Å²) < 4.78 is 36.0. The zero-order valence-corrected chi connectivity index (χ0v) is 9.67. The molecule has 0 aromatic carbocycles. The molecule has 2 unspecified atom stereocenters. The third kappa shape index (κ3) is 3.34. The topological polar surface area (TPSA) is 49.4 Å². The SMILES string of the molecule is CC1CCCC(C)N1C(=O)NC(=O)C(F)(F)F. The molecule has 1 N–H and O–H groups in total. The number of piperidine rings is 1. The average molecular weight is 252 g/mol. The van der Waals surface area contributed by atoms with E-state index in [0.717, 1.165) is 19.3 Å². The lowest BCUT2D eigenvalue weighted by Crippen LogP contribution is -2.55. The largest absolute Gasteiger partial charge is 0.471 e. The van der Waals surface area contributed by atoms with E-state index in [0.29, 0.717) is 0 Å². The van der Waals surface area contributed by atoms with Gasteiger partial charge >= 0.3 is 18.1 Å². The molecule has 1 aliphatic heterocycles. The lowest BCUT2D eigenvalue weighted by atomic mass is 9.98. The normalized spacial score (nSPS) is 25.6. The predicted molar refractivity (Wildman–Crippen MR) is 54.2 cm³/mol. The van der Waals surface area contributed by atoms with Crippen LogP contribution >= 0.6 is 0 Å². The molecule has 4 nitrogen and oxygen atoms in total. The molecular weight excluding hydrogens is 237 g/mol. The van der Waals surface area contributed by atoms with E-state index in [2.05, 4.69) is 0 Å². The van der Waals surface area contributed by atoms with Crippen molar-refractivity contribution in [1.29, 1.82) is 0 Å². The van der Waals surface area contributed by atoms with Crippen molar-refractivity contribution in [2.75, 3.05) is 0 Å². The highest BCUT2D eigenvalue weighted by atomic mass is 19.4. The third-order valence-corrected chi connectivity index (χ3v) is 2.91. The third-order valence-electron chi connectivity index (χ3n) is 2.91. The summed E-state index contributed by atoms with van der Waals surface area (Å²) in [6.07, 6.45) is -2.63. The maximum atomic E-state index is 12.0. The molecule has 7 heteroatoms. The van der Waals surface area contributed by atoms with E-state index in [1.54, 1.807) is 13.8 Å². The molecular formula is C10H15F3N2O2. The Kier molecular flexibility index (Phi) is 4.00. The molecule has 0 radical (unpaired) electrons. The highest BCUT2D eigenvalue weighted by Crippen LogP contribution is 2.23. The highest BCUT2D eigenvalue weighted by Gasteiger charge is 2.41. The number of alkyl halides is 3. The van der Waals surface area contributed by atoms with Gasteiger partial charge < -0.3 is 4.90 Å². The standard InChI is InChI=1S/C10H15F3N2O2/c1-6-4-3-5-7(2)15(6)9(17)14-8(16)10(11,12)13/h6-7H,3-5H2,1-2H3,(H,14,16,17). The predicted octanol–water partition coefficient (Wildman–Crippen LogP) is 2.05. The molecule has 1 saturated heterocycles. The lowest BCUT2D eigenvalue weighted by Gasteiger charge is -2.38. The number of amides is 3. The van der Waals surface area contributed by atoms with Crippen LogP contribution in [0.1, 0.15) is 33.1 Å². The Morgan fingerprint density at radius 3 is 2.06 bits per heavy atom. The van der Waals surface area contributed by atoms with E-state index in [1.807, 2.05) is 0 Å². The van der Waals surface area contributed by atoms with E-state index >= 15 is 0 Å². The maximum Gasteiger partial charge on any atom is 0.471 e. The van der Waals surface area contributed by atoms with Gasteiger partial charge in [0.05, 0.1) is 0 Å². The van der Waals surface area contributed by atoms with Crippen molar-refractivity contribution in [3.8, 4) is 0 Å². The minimum Gasteiger partial charge on any atom is -0.319 e. The molecule has 1 fully saturated rings. The Balaban J connectivity index is 2.66. The van der Waals surface area contributed by atoms with E-state index in [1.165, 1.54) is 10.2 Å². The number of carbonyl (C=O) groups is 2. The van der Waals surface area contributed by atoms with Gasteiger partial charge in [0.15, 0.2) is 0 Å². The monoisotopic (exact) mass is 252 g/mol. The Labute approximate surface area is 97.1 Å². The zero-order valence-electron chi connectivity index (χ0n) is 9.67. The molecule has 0 bridgehead atoms. The lowest BCUT2D eigenvalue weighted by molar-refractivity contribution is -0.172. The molecule has 17 heavy (non-hydrogen) atoms. The van der Waals surface area contributed by atoms with Crippen LogP contribution in [0.4, 0.5) is 18.0 Å². The highest BCUT2D eigenvalue weighted by molar-refractivity contribution is 5.97.